The molecule has 4 heteroatoms. The Morgan fingerprint density at radius 2 is 1.80 bits per heavy atom. The number of nitrogens with two attached hydrogens (primary N) is 1. The van der Waals surface area contributed by atoms with Crippen LogP contribution < -0.4 is 5.90 Å². The van der Waals surface area contributed by atoms with Crippen LogP contribution >= 0.6 is 0 Å². The SMILES string of the molecule is CCCC(C)C(=O)C(C(=O)ON)C(C)C. The first-order valence-corrected chi connectivity index (χ1v) is 5.39. The minimum Gasteiger partial charge on any atom is -0.373 e. The Bertz CT molecular complexity index is 226. The fourth-order valence-electron chi connectivity index (χ4n) is 1.67. The number of carbonyl (C=O) groups excluding carboxylic acids is 2. The Labute approximate surface area is 91.1 Å². The number of carbonyl (C=O) groups is 2. The van der Waals surface area contributed by atoms with Crippen molar-refractivity contribution in [2.24, 2.45) is 23.7 Å². The van der Waals surface area contributed by atoms with Crippen LogP contribution in [0.4, 0.5) is 0 Å². The van der Waals surface area contributed by atoms with E-state index in [-0.39, 0.29) is 17.6 Å². The minimum absolute atomic E-state index is 0.0673. The molecule has 88 valence electrons. The number of hydrogen-bond acceptors (Lipinski definition) is 4. The molecule has 0 spiro atoms. The zero-order valence-corrected chi connectivity index (χ0v) is 9.95. The van der Waals surface area contributed by atoms with Gasteiger partial charge >= 0.3 is 5.97 Å². The van der Waals surface area contributed by atoms with E-state index in [1.807, 2.05) is 27.7 Å². The lowest BCUT2D eigenvalue weighted by Gasteiger charge is -2.20. The van der Waals surface area contributed by atoms with Crippen molar-refractivity contribution in [3.63, 3.8) is 0 Å². The summed E-state index contributed by atoms with van der Waals surface area (Å²) in [6, 6.07) is 0. The molecule has 0 saturated carbocycles. The molecular formula is C11H21NO3. The maximum atomic E-state index is 11.9. The van der Waals surface area contributed by atoms with E-state index in [2.05, 4.69) is 4.84 Å². The molecule has 0 radical (unpaired) electrons. The maximum absolute atomic E-state index is 11.9. The van der Waals surface area contributed by atoms with Crippen molar-refractivity contribution in [1.82, 2.24) is 0 Å². The zero-order chi connectivity index (χ0) is 12.0. The number of rotatable bonds is 6. The molecule has 0 aliphatic heterocycles. The van der Waals surface area contributed by atoms with Crippen molar-refractivity contribution >= 4 is 11.8 Å². The van der Waals surface area contributed by atoms with Crippen LogP contribution in [-0.4, -0.2) is 11.8 Å². The summed E-state index contributed by atoms with van der Waals surface area (Å²) in [5.41, 5.74) is 0. The van der Waals surface area contributed by atoms with Gasteiger partial charge in [0.05, 0.1) is 0 Å². The van der Waals surface area contributed by atoms with Gasteiger partial charge in [-0.05, 0) is 12.3 Å². The summed E-state index contributed by atoms with van der Waals surface area (Å²) in [6.07, 6.45) is 1.72. The molecule has 4 nitrogen and oxygen atoms in total. The van der Waals surface area contributed by atoms with Crippen molar-refractivity contribution in [3.05, 3.63) is 0 Å². The Kier molecular flexibility index (Phi) is 6.17. The zero-order valence-electron chi connectivity index (χ0n) is 9.95. The molecule has 0 bridgehead atoms. The van der Waals surface area contributed by atoms with Gasteiger partial charge in [-0.2, -0.15) is 5.90 Å². The normalized spacial score (nSPS) is 14.8. The van der Waals surface area contributed by atoms with E-state index in [1.165, 1.54) is 0 Å². The molecule has 0 heterocycles. The maximum Gasteiger partial charge on any atom is 0.335 e. The summed E-state index contributed by atoms with van der Waals surface area (Å²) >= 11 is 0. The highest BCUT2D eigenvalue weighted by atomic mass is 16.7. The quantitative estimate of drug-likeness (QED) is 0.540. The third kappa shape index (κ3) is 4.00. The van der Waals surface area contributed by atoms with Crippen LogP contribution in [0.5, 0.6) is 0 Å². The number of ketones is 1. The van der Waals surface area contributed by atoms with Gasteiger partial charge < -0.3 is 4.84 Å². The lowest BCUT2D eigenvalue weighted by molar-refractivity contribution is -0.155. The molecule has 2 atom stereocenters. The second-order valence-corrected chi connectivity index (χ2v) is 4.25. The van der Waals surface area contributed by atoms with E-state index in [9.17, 15) is 9.59 Å². The molecular weight excluding hydrogens is 194 g/mol. The van der Waals surface area contributed by atoms with E-state index in [1.54, 1.807) is 0 Å². The molecule has 0 amide bonds. The van der Waals surface area contributed by atoms with Crippen LogP contribution in [0.15, 0.2) is 0 Å². The topological polar surface area (TPSA) is 69.4 Å². The van der Waals surface area contributed by atoms with Crippen molar-refractivity contribution in [3.8, 4) is 0 Å². The van der Waals surface area contributed by atoms with Crippen molar-refractivity contribution in [1.29, 1.82) is 0 Å². The molecule has 2 N–H and O–H groups in total. The second-order valence-electron chi connectivity index (χ2n) is 4.25. The van der Waals surface area contributed by atoms with Crippen LogP contribution in [0.2, 0.25) is 0 Å². The van der Waals surface area contributed by atoms with Crippen LogP contribution in [0.25, 0.3) is 0 Å². The van der Waals surface area contributed by atoms with Crippen LogP contribution in [0.3, 0.4) is 0 Å². The highest BCUT2D eigenvalue weighted by Crippen LogP contribution is 2.20. The van der Waals surface area contributed by atoms with Crippen LogP contribution in [-0.2, 0) is 14.4 Å². The van der Waals surface area contributed by atoms with Crippen molar-refractivity contribution < 1.29 is 14.4 Å². The summed E-state index contributed by atoms with van der Waals surface area (Å²) in [7, 11) is 0. The molecule has 0 aromatic rings. The fraction of sp³-hybridized carbons (Fsp3) is 0.818. The van der Waals surface area contributed by atoms with Crippen molar-refractivity contribution in [2.45, 2.75) is 40.5 Å². The van der Waals surface area contributed by atoms with Gasteiger partial charge in [-0.1, -0.05) is 34.1 Å². The molecule has 0 saturated heterocycles. The summed E-state index contributed by atoms with van der Waals surface area (Å²) in [4.78, 5) is 27.4. The van der Waals surface area contributed by atoms with Crippen LogP contribution in [0.1, 0.15) is 40.5 Å². The molecule has 0 fully saturated rings. The molecule has 2 unspecified atom stereocenters. The summed E-state index contributed by atoms with van der Waals surface area (Å²) in [5, 5.41) is 0. The highest BCUT2D eigenvalue weighted by Gasteiger charge is 2.33. The molecule has 0 aromatic heterocycles. The van der Waals surface area contributed by atoms with Crippen molar-refractivity contribution in [2.75, 3.05) is 0 Å². The highest BCUT2D eigenvalue weighted by molar-refractivity contribution is 6.00. The third-order valence-electron chi connectivity index (χ3n) is 2.55. The largest absolute Gasteiger partial charge is 0.373 e. The summed E-state index contributed by atoms with van der Waals surface area (Å²) in [5.74, 6) is 3.22. The Hall–Kier alpha value is -0.900. The first kappa shape index (κ1) is 14.1. The fourth-order valence-corrected chi connectivity index (χ4v) is 1.67. The van der Waals surface area contributed by atoms with Gasteiger partial charge in [0.25, 0.3) is 0 Å². The first-order chi connectivity index (χ1) is 6.95. The monoisotopic (exact) mass is 215 g/mol. The Morgan fingerprint density at radius 1 is 1.27 bits per heavy atom. The van der Waals surface area contributed by atoms with E-state index >= 15 is 0 Å². The molecule has 0 rings (SSSR count). The second kappa shape index (κ2) is 6.56. The molecule has 0 aliphatic rings. The van der Waals surface area contributed by atoms with Gasteiger partial charge in [-0.3, -0.25) is 4.79 Å². The summed E-state index contributed by atoms with van der Waals surface area (Å²) < 4.78 is 0. The average molecular weight is 215 g/mol. The van der Waals surface area contributed by atoms with Gasteiger partial charge in [-0.15, -0.1) is 0 Å². The van der Waals surface area contributed by atoms with Gasteiger partial charge in [0.1, 0.15) is 11.7 Å². The van der Waals surface area contributed by atoms with Gasteiger partial charge in [-0.25, -0.2) is 4.79 Å². The van der Waals surface area contributed by atoms with Gasteiger partial charge in [0.15, 0.2) is 0 Å². The molecule has 0 aromatic carbocycles. The van der Waals surface area contributed by atoms with E-state index < -0.39 is 11.9 Å². The number of Topliss-reactive ketones (excluding diaryl/α,β-unsaturated/α-hetero) is 1. The Morgan fingerprint density at radius 3 is 2.13 bits per heavy atom. The minimum atomic E-state index is -0.725. The molecule has 15 heavy (non-hydrogen) atoms. The third-order valence-corrected chi connectivity index (χ3v) is 2.55. The average Bonchev–Trinajstić information content (AvgIpc) is 2.17. The molecule has 0 aliphatic carbocycles. The van der Waals surface area contributed by atoms with Gasteiger partial charge in [0.2, 0.25) is 0 Å². The van der Waals surface area contributed by atoms with Crippen LogP contribution in [0, 0.1) is 17.8 Å². The first-order valence-electron chi connectivity index (χ1n) is 5.39. The summed E-state index contributed by atoms with van der Waals surface area (Å²) in [6.45, 7) is 7.48. The number of hydrogen-bond donors (Lipinski definition) is 1. The predicted octanol–water partition coefficient (Wildman–Crippen LogP) is 1.68. The smallest absolute Gasteiger partial charge is 0.335 e. The predicted molar refractivity (Wildman–Crippen MR) is 57.7 cm³/mol. The van der Waals surface area contributed by atoms with Gasteiger partial charge in [0, 0.05) is 5.92 Å². The lowest BCUT2D eigenvalue weighted by Crippen LogP contribution is -2.35. The van der Waals surface area contributed by atoms with E-state index in [0.717, 1.165) is 12.8 Å². The van der Waals surface area contributed by atoms with E-state index in [0.29, 0.717) is 0 Å². The Balaban J connectivity index is 4.63. The lowest BCUT2D eigenvalue weighted by atomic mass is 9.84. The van der Waals surface area contributed by atoms with E-state index in [4.69, 9.17) is 5.90 Å². The standard InChI is InChI=1S/C11H21NO3/c1-5-6-8(4)10(13)9(7(2)3)11(14)15-12/h7-9H,5-6,12H2,1-4H3.